The lowest BCUT2D eigenvalue weighted by atomic mass is 10.2. The Balaban J connectivity index is 1.67. The zero-order chi connectivity index (χ0) is 17.2. The van der Waals surface area contributed by atoms with E-state index < -0.39 is 12.7 Å². The average molecular weight is 337 g/mol. The number of aromatic nitrogens is 4. The smallest absolute Gasteiger partial charge is 0.408 e. The molecule has 0 aliphatic rings. The van der Waals surface area contributed by atoms with Gasteiger partial charge in [-0.25, -0.2) is 0 Å². The van der Waals surface area contributed by atoms with Crippen LogP contribution >= 0.6 is 0 Å². The molecule has 0 amide bonds. The van der Waals surface area contributed by atoms with Gasteiger partial charge in [0, 0.05) is 11.8 Å². The number of nitrogens with zero attached hydrogens (tertiary/aromatic N) is 4. The summed E-state index contributed by atoms with van der Waals surface area (Å²) in [5.74, 6) is 0.712. The van der Waals surface area contributed by atoms with Crippen LogP contribution in [0.5, 0.6) is 0 Å². The van der Waals surface area contributed by atoms with Crippen LogP contribution in [0.2, 0.25) is 0 Å². The minimum absolute atomic E-state index is 0.331. The number of halogens is 3. The molecule has 1 atom stereocenters. The first-order chi connectivity index (χ1) is 11.4. The second kappa shape index (κ2) is 6.34. The van der Waals surface area contributed by atoms with E-state index in [0.29, 0.717) is 17.5 Å². The van der Waals surface area contributed by atoms with E-state index in [1.54, 1.807) is 6.92 Å². The van der Waals surface area contributed by atoms with Gasteiger partial charge in [0.25, 0.3) is 0 Å². The molecule has 6 nitrogen and oxygen atoms in total. The van der Waals surface area contributed by atoms with Gasteiger partial charge >= 0.3 is 6.18 Å². The molecule has 0 saturated heterocycles. The highest BCUT2D eigenvalue weighted by molar-refractivity contribution is 5.52. The Morgan fingerprint density at radius 1 is 1.21 bits per heavy atom. The van der Waals surface area contributed by atoms with Gasteiger partial charge in [-0.15, -0.1) is 10.2 Å². The Hall–Kier alpha value is -2.84. The van der Waals surface area contributed by atoms with Gasteiger partial charge in [-0.05, 0) is 19.1 Å². The molecule has 0 spiro atoms. The van der Waals surface area contributed by atoms with Crippen LogP contribution in [-0.4, -0.2) is 26.2 Å². The van der Waals surface area contributed by atoms with Gasteiger partial charge in [0.05, 0.1) is 11.9 Å². The highest BCUT2D eigenvalue weighted by Gasteiger charge is 2.28. The van der Waals surface area contributed by atoms with E-state index in [2.05, 4.69) is 20.6 Å². The van der Waals surface area contributed by atoms with Crippen LogP contribution < -0.4 is 5.32 Å². The number of rotatable bonds is 5. The minimum atomic E-state index is -4.31. The summed E-state index contributed by atoms with van der Waals surface area (Å²) in [6.45, 7) is 0.630. The van der Waals surface area contributed by atoms with Crippen LogP contribution in [0.4, 0.5) is 18.9 Å². The zero-order valence-corrected chi connectivity index (χ0v) is 12.7. The molecule has 9 heteroatoms. The number of alkyl halides is 3. The van der Waals surface area contributed by atoms with E-state index in [9.17, 15) is 13.2 Å². The largest absolute Gasteiger partial charge is 0.418 e. The van der Waals surface area contributed by atoms with Gasteiger partial charge in [-0.2, -0.15) is 18.3 Å². The summed E-state index contributed by atoms with van der Waals surface area (Å²) >= 11 is 0. The molecule has 0 radical (unpaired) electrons. The van der Waals surface area contributed by atoms with Crippen LogP contribution in [0.3, 0.4) is 0 Å². The summed E-state index contributed by atoms with van der Waals surface area (Å²) in [6.07, 6.45) is -1.72. The molecule has 0 aliphatic heterocycles. The molecule has 1 aromatic carbocycles. The standard InChI is InChI=1S/C15H14F3N5O/c1-10(20-12-7-19-23(8-12)9-15(16,17)18)13-21-22-14(24-13)11-5-3-2-4-6-11/h2-8,10,20H,9H2,1H3. The number of nitrogens with one attached hydrogen (secondary N) is 1. The minimum Gasteiger partial charge on any atom is -0.418 e. The van der Waals surface area contributed by atoms with E-state index in [-0.39, 0.29) is 6.04 Å². The van der Waals surface area contributed by atoms with Crippen molar-refractivity contribution in [2.24, 2.45) is 0 Å². The predicted molar refractivity (Wildman–Crippen MR) is 80.1 cm³/mol. The monoisotopic (exact) mass is 337 g/mol. The quantitative estimate of drug-likeness (QED) is 0.769. The fraction of sp³-hybridized carbons (Fsp3) is 0.267. The van der Waals surface area contributed by atoms with Crippen molar-refractivity contribution in [1.29, 1.82) is 0 Å². The van der Waals surface area contributed by atoms with E-state index in [1.807, 2.05) is 30.3 Å². The van der Waals surface area contributed by atoms with E-state index in [4.69, 9.17) is 4.42 Å². The molecular formula is C15H14F3N5O. The Morgan fingerprint density at radius 2 is 1.96 bits per heavy atom. The molecule has 0 bridgehead atoms. The maximum Gasteiger partial charge on any atom is 0.408 e. The first-order valence-electron chi connectivity index (χ1n) is 7.15. The number of hydrogen-bond acceptors (Lipinski definition) is 5. The lowest BCUT2D eigenvalue weighted by Crippen LogP contribution is -2.17. The fourth-order valence-corrected chi connectivity index (χ4v) is 2.13. The number of anilines is 1. The molecule has 1 unspecified atom stereocenters. The molecule has 2 heterocycles. The van der Waals surface area contributed by atoms with E-state index in [1.165, 1.54) is 12.4 Å². The summed E-state index contributed by atoms with van der Waals surface area (Å²) in [6, 6.07) is 8.90. The van der Waals surface area contributed by atoms with Crippen molar-refractivity contribution >= 4 is 5.69 Å². The topological polar surface area (TPSA) is 68.8 Å². The molecule has 2 aromatic heterocycles. The summed E-state index contributed by atoms with van der Waals surface area (Å²) < 4.78 is 43.4. The van der Waals surface area contributed by atoms with E-state index >= 15 is 0 Å². The number of hydrogen-bond donors (Lipinski definition) is 1. The Morgan fingerprint density at radius 3 is 2.67 bits per heavy atom. The van der Waals surface area contributed by atoms with E-state index in [0.717, 1.165) is 10.2 Å². The normalized spacial score (nSPS) is 13.0. The van der Waals surface area contributed by atoms with Crippen molar-refractivity contribution in [2.45, 2.75) is 25.7 Å². The van der Waals surface area contributed by atoms with Crippen LogP contribution in [-0.2, 0) is 6.54 Å². The predicted octanol–water partition coefficient (Wildman–Crippen LogP) is 3.67. The maximum atomic E-state index is 12.3. The number of benzene rings is 1. The average Bonchev–Trinajstić information content (AvgIpc) is 3.16. The Labute approximate surface area is 135 Å². The van der Waals surface area contributed by atoms with Crippen molar-refractivity contribution in [2.75, 3.05) is 5.32 Å². The summed E-state index contributed by atoms with van der Waals surface area (Å²) in [5, 5.41) is 14.6. The van der Waals surface area contributed by atoms with Crippen LogP contribution in [0, 0.1) is 0 Å². The van der Waals surface area contributed by atoms with Crippen molar-refractivity contribution in [3.05, 3.63) is 48.6 Å². The molecule has 126 valence electrons. The first kappa shape index (κ1) is 16.0. The summed E-state index contributed by atoms with van der Waals surface area (Å²) in [7, 11) is 0. The van der Waals surface area contributed by atoms with Gasteiger partial charge in [0.2, 0.25) is 11.8 Å². The third-order valence-corrected chi connectivity index (χ3v) is 3.19. The molecule has 1 N–H and O–H groups in total. The van der Waals surface area contributed by atoms with Crippen molar-refractivity contribution in [1.82, 2.24) is 20.0 Å². The Kier molecular flexibility index (Phi) is 4.24. The summed E-state index contributed by atoms with van der Waals surface area (Å²) in [5.41, 5.74) is 1.23. The lowest BCUT2D eigenvalue weighted by Gasteiger charge is -2.09. The van der Waals surface area contributed by atoms with Gasteiger partial charge in [0.1, 0.15) is 12.6 Å². The molecule has 24 heavy (non-hydrogen) atoms. The molecule has 3 aromatic rings. The lowest BCUT2D eigenvalue weighted by molar-refractivity contribution is -0.142. The van der Waals surface area contributed by atoms with Crippen LogP contribution in [0.25, 0.3) is 11.5 Å². The molecule has 0 aliphatic carbocycles. The molecule has 0 fully saturated rings. The second-order valence-electron chi connectivity index (χ2n) is 5.22. The third kappa shape index (κ3) is 3.92. The zero-order valence-electron chi connectivity index (χ0n) is 12.7. The second-order valence-corrected chi connectivity index (χ2v) is 5.22. The van der Waals surface area contributed by atoms with Gasteiger partial charge in [0.15, 0.2) is 0 Å². The highest BCUT2D eigenvalue weighted by atomic mass is 19.4. The summed E-state index contributed by atoms with van der Waals surface area (Å²) in [4.78, 5) is 0. The van der Waals surface area contributed by atoms with Crippen LogP contribution in [0.1, 0.15) is 18.9 Å². The molecule has 3 rings (SSSR count). The maximum absolute atomic E-state index is 12.3. The highest BCUT2D eigenvalue weighted by Crippen LogP contribution is 2.23. The SMILES string of the molecule is CC(Nc1cnn(CC(F)(F)F)c1)c1nnc(-c2ccccc2)o1. The fourth-order valence-electron chi connectivity index (χ4n) is 2.13. The van der Waals surface area contributed by atoms with Gasteiger partial charge in [-0.1, -0.05) is 18.2 Å². The van der Waals surface area contributed by atoms with Crippen molar-refractivity contribution < 1.29 is 17.6 Å². The van der Waals surface area contributed by atoms with Gasteiger partial charge < -0.3 is 9.73 Å². The van der Waals surface area contributed by atoms with Crippen molar-refractivity contribution in [3.8, 4) is 11.5 Å². The van der Waals surface area contributed by atoms with Gasteiger partial charge in [-0.3, -0.25) is 4.68 Å². The third-order valence-electron chi connectivity index (χ3n) is 3.19. The Bertz CT molecular complexity index is 797. The van der Waals surface area contributed by atoms with Crippen molar-refractivity contribution in [3.63, 3.8) is 0 Å². The van der Waals surface area contributed by atoms with Crippen LogP contribution in [0.15, 0.2) is 47.1 Å². The molecular weight excluding hydrogens is 323 g/mol. The molecule has 0 saturated carbocycles. The first-order valence-corrected chi connectivity index (χ1v) is 7.15.